The van der Waals surface area contributed by atoms with Gasteiger partial charge in [0.2, 0.25) is 5.91 Å². The number of hydrogen-bond acceptors (Lipinski definition) is 9. The standard InChI is InChI=1S/C26H43ClN6O6/c1-4-21-6-7-24(39-21)33-25(28-3)22(16-30-33)26(29-19-27)32-17-20(18-32)31-23(34)8-9-36-12-13-38-15-14-37-11-10-35-5-2/h16,20-21,24H,3-15,17-19H2,1-2H3,(H,31,34)/b29-26+. The fourth-order valence-corrected chi connectivity index (χ4v) is 4.59. The third-order valence-electron chi connectivity index (χ3n) is 6.52. The maximum atomic E-state index is 12.3. The third kappa shape index (κ3) is 9.80. The lowest BCUT2D eigenvalue weighted by Gasteiger charge is -2.41. The number of aliphatic imine (C=N–C) groups is 2. The fraction of sp³-hybridized carbons (Fsp3) is 0.769. The van der Waals surface area contributed by atoms with Crippen LogP contribution in [0.1, 0.15) is 51.3 Å². The van der Waals surface area contributed by atoms with Crippen molar-refractivity contribution in [2.75, 3.05) is 71.9 Å². The Bertz CT molecular complexity index is 909. The molecular weight excluding hydrogens is 528 g/mol. The molecule has 1 amide bonds. The van der Waals surface area contributed by atoms with Crippen molar-refractivity contribution in [2.45, 2.75) is 57.9 Å². The highest BCUT2D eigenvalue weighted by molar-refractivity contribution is 6.19. The van der Waals surface area contributed by atoms with Crippen LogP contribution in [0.4, 0.5) is 5.82 Å². The van der Waals surface area contributed by atoms with Gasteiger partial charge in [-0.1, -0.05) is 6.92 Å². The summed E-state index contributed by atoms with van der Waals surface area (Å²) in [7, 11) is 0. The molecule has 3 heterocycles. The fourth-order valence-electron chi connectivity index (χ4n) is 4.47. The molecule has 2 saturated heterocycles. The van der Waals surface area contributed by atoms with E-state index in [4.69, 9.17) is 35.3 Å². The first-order valence-electron chi connectivity index (χ1n) is 13.8. The number of alkyl halides is 1. The summed E-state index contributed by atoms with van der Waals surface area (Å²) in [5, 5.41) is 7.58. The number of aromatic nitrogens is 2. The molecule has 1 N–H and O–H groups in total. The molecule has 2 aliphatic heterocycles. The minimum absolute atomic E-state index is 0.0164. The van der Waals surface area contributed by atoms with Crippen molar-refractivity contribution < 1.29 is 28.5 Å². The van der Waals surface area contributed by atoms with Crippen molar-refractivity contribution in [3.05, 3.63) is 11.8 Å². The van der Waals surface area contributed by atoms with Crippen LogP contribution < -0.4 is 5.32 Å². The van der Waals surface area contributed by atoms with Gasteiger partial charge in [0.15, 0.2) is 12.0 Å². The van der Waals surface area contributed by atoms with Crippen LogP contribution in [-0.4, -0.2) is 117 Å². The Labute approximate surface area is 236 Å². The Morgan fingerprint density at radius 1 is 1.10 bits per heavy atom. The Morgan fingerprint density at radius 2 is 1.77 bits per heavy atom. The second kappa shape index (κ2) is 17.6. The highest BCUT2D eigenvalue weighted by atomic mass is 35.5. The first-order valence-corrected chi connectivity index (χ1v) is 14.3. The molecule has 13 heteroatoms. The molecule has 0 saturated carbocycles. The van der Waals surface area contributed by atoms with Gasteiger partial charge in [0.05, 0.1) is 70.2 Å². The third-order valence-corrected chi connectivity index (χ3v) is 6.64. The van der Waals surface area contributed by atoms with E-state index in [1.165, 1.54) is 0 Å². The number of rotatable bonds is 19. The Kier molecular flexibility index (Phi) is 14.2. The van der Waals surface area contributed by atoms with E-state index in [-0.39, 0.29) is 36.7 Å². The summed E-state index contributed by atoms with van der Waals surface area (Å²) in [6.45, 7) is 13.1. The monoisotopic (exact) mass is 570 g/mol. The van der Waals surface area contributed by atoms with Crippen molar-refractivity contribution in [2.24, 2.45) is 9.98 Å². The quantitative estimate of drug-likeness (QED) is 0.0885. The lowest BCUT2D eigenvalue weighted by Crippen LogP contribution is -2.61. The van der Waals surface area contributed by atoms with E-state index in [0.717, 1.165) is 24.8 Å². The lowest BCUT2D eigenvalue weighted by molar-refractivity contribution is -0.123. The minimum atomic E-state index is -0.163. The molecule has 12 nitrogen and oxygen atoms in total. The largest absolute Gasteiger partial charge is 0.379 e. The van der Waals surface area contributed by atoms with Gasteiger partial charge >= 0.3 is 0 Å². The summed E-state index contributed by atoms with van der Waals surface area (Å²) in [5.41, 5.74) is 0.756. The summed E-state index contributed by atoms with van der Waals surface area (Å²) in [6, 6.07) is 0.118. The number of nitrogens with one attached hydrogen (secondary N) is 1. The number of halogens is 1. The van der Waals surface area contributed by atoms with E-state index < -0.39 is 0 Å². The van der Waals surface area contributed by atoms with Gasteiger partial charge in [-0.05, 0) is 32.9 Å². The second-order valence-corrected chi connectivity index (χ2v) is 9.48. The van der Waals surface area contributed by atoms with Gasteiger partial charge < -0.3 is 33.9 Å². The average molecular weight is 571 g/mol. The molecule has 1 aromatic rings. The molecule has 39 heavy (non-hydrogen) atoms. The van der Waals surface area contributed by atoms with E-state index in [1.807, 2.05) is 6.92 Å². The van der Waals surface area contributed by atoms with Crippen molar-refractivity contribution in [3.8, 4) is 0 Å². The van der Waals surface area contributed by atoms with Crippen LogP contribution in [-0.2, 0) is 28.5 Å². The number of nitrogens with zero attached hydrogens (tertiary/aromatic N) is 5. The molecule has 1 aromatic heterocycles. The molecule has 2 fully saturated rings. The summed E-state index contributed by atoms with van der Waals surface area (Å²) in [6.07, 6.45) is 4.93. The summed E-state index contributed by atoms with van der Waals surface area (Å²) >= 11 is 5.99. The maximum absolute atomic E-state index is 12.3. The molecule has 0 spiro atoms. The molecule has 0 aromatic carbocycles. The Balaban J connectivity index is 1.33. The van der Waals surface area contributed by atoms with E-state index in [2.05, 4.69) is 38.9 Å². The van der Waals surface area contributed by atoms with E-state index in [0.29, 0.717) is 77.6 Å². The number of amidine groups is 1. The van der Waals surface area contributed by atoms with Crippen LogP contribution in [0, 0.1) is 0 Å². The first-order chi connectivity index (χ1) is 19.1. The molecule has 0 radical (unpaired) electrons. The van der Waals surface area contributed by atoms with E-state index in [9.17, 15) is 4.79 Å². The smallest absolute Gasteiger partial charge is 0.222 e. The van der Waals surface area contributed by atoms with E-state index in [1.54, 1.807) is 10.9 Å². The molecule has 2 unspecified atom stereocenters. The highest BCUT2D eigenvalue weighted by Crippen LogP contribution is 2.34. The zero-order chi connectivity index (χ0) is 27.9. The van der Waals surface area contributed by atoms with Crippen LogP contribution in [0.15, 0.2) is 16.2 Å². The van der Waals surface area contributed by atoms with Gasteiger partial charge in [-0.25, -0.2) is 9.67 Å². The van der Waals surface area contributed by atoms with Gasteiger partial charge in [-0.2, -0.15) is 5.10 Å². The van der Waals surface area contributed by atoms with Gasteiger partial charge in [0, 0.05) is 26.1 Å². The van der Waals surface area contributed by atoms with Crippen molar-refractivity contribution >= 4 is 35.9 Å². The van der Waals surface area contributed by atoms with Gasteiger partial charge in [-0.3, -0.25) is 9.79 Å². The Hall–Kier alpha value is -2.09. The molecular formula is C26H43ClN6O6. The highest BCUT2D eigenvalue weighted by Gasteiger charge is 2.34. The summed E-state index contributed by atoms with van der Waals surface area (Å²) in [5.74, 6) is 1.25. The molecule has 0 aliphatic carbocycles. The van der Waals surface area contributed by atoms with Crippen molar-refractivity contribution in [1.29, 1.82) is 0 Å². The number of likely N-dealkylation sites (tertiary alicyclic amines) is 1. The molecule has 0 bridgehead atoms. The van der Waals surface area contributed by atoms with E-state index >= 15 is 0 Å². The number of ether oxygens (including phenoxy) is 5. The molecule has 220 valence electrons. The first kappa shape index (κ1) is 31.4. The van der Waals surface area contributed by atoms with Crippen molar-refractivity contribution in [3.63, 3.8) is 0 Å². The molecule has 3 rings (SSSR count). The van der Waals surface area contributed by atoms with Crippen LogP contribution in [0.2, 0.25) is 0 Å². The van der Waals surface area contributed by atoms with Crippen LogP contribution in [0.25, 0.3) is 0 Å². The average Bonchev–Trinajstić information content (AvgIpc) is 3.57. The Morgan fingerprint density at radius 3 is 2.36 bits per heavy atom. The molecule has 2 atom stereocenters. The van der Waals surface area contributed by atoms with Gasteiger partial charge in [0.25, 0.3) is 0 Å². The topological polar surface area (TPSA) is 121 Å². The number of amides is 1. The predicted octanol–water partition coefficient (Wildman–Crippen LogP) is 2.52. The summed E-state index contributed by atoms with van der Waals surface area (Å²) < 4.78 is 29.4. The normalized spacial score (nSPS) is 19.9. The molecule has 2 aliphatic rings. The minimum Gasteiger partial charge on any atom is -0.379 e. The zero-order valence-corrected chi connectivity index (χ0v) is 23.9. The SMILES string of the molecule is C=Nc1c(/C(=N\CCl)N2CC(NC(=O)CCOCCOCCOCCOCC)C2)cnn1C1CCC(CC)O1. The zero-order valence-electron chi connectivity index (χ0n) is 23.2. The predicted molar refractivity (Wildman–Crippen MR) is 149 cm³/mol. The number of carbonyl (C=O) groups is 1. The van der Waals surface area contributed by atoms with Gasteiger partial charge in [0.1, 0.15) is 11.8 Å². The van der Waals surface area contributed by atoms with Crippen molar-refractivity contribution in [1.82, 2.24) is 20.0 Å². The van der Waals surface area contributed by atoms with Crippen LogP contribution >= 0.6 is 11.6 Å². The van der Waals surface area contributed by atoms with Crippen LogP contribution in [0.5, 0.6) is 0 Å². The van der Waals surface area contributed by atoms with Gasteiger partial charge in [-0.15, -0.1) is 11.6 Å². The second-order valence-electron chi connectivity index (χ2n) is 9.24. The summed E-state index contributed by atoms with van der Waals surface area (Å²) in [4.78, 5) is 23.1. The number of carbonyl (C=O) groups excluding carboxylic acids is 1. The van der Waals surface area contributed by atoms with Crippen LogP contribution in [0.3, 0.4) is 0 Å². The lowest BCUT2D eigenvalue weighted by atomic mass is 10.1. The maximum Gasteiger partial charge on any atom is 0.222 e. The number of hydrogen-bond donors (Lipinski definition) is 1.